The fourth-order valence-electron chi connectivity index (χ4n) is 2.93. The second kappa shape index (κ2) is 6.17. The van der Waals surface area contributed by atoms with E-state index in [1.54, 1.807) is 16.3 Å². The summed E-state index contributed by atoms with van der Waals surface area (Å²) in [5.74, 6) is -1.19. The van der Waals surface area contributed by atoms with E-state index in [4.69, 9.17) is 0 Å². The van der Waals surface area contributed by atoms with Gasteiger partial charge < -0.3 is 0 Å². The minimum atomic E-state index is -0.605. The molecule has 2 heterocycles. The Morgan fingerprint density at radius 1 is 1.00 bits per heavy atom. The van der Waals surface area contributed by atoms with Crippen molar-refractivity contribution >= 4 is 22.7 Å². The largest absolute Gasteiger partial charge is 0.254 e. The molecule has 0 N–H and O–H groups in total. The second-order valence-electron chi connectivity index (χ2n) is 5.59. The molecule has 0 spiro atoms. The maximum atomic E-state index is 14.3. The zero-order valence-electron chi connectivity index (χ0n) is 12.7. The van der Waals surface area contributed by atoms with Crippen LogP contribution in [0.3, 0.4) is 0 Å². The van der Waals surface area contributed by atoms with Crippen molar-refractivity contribution in [3.63, 3.8) is 0 Å². The smallest absolute Gasteiger partial charge is 0.151 e. The van der Waals surface area contributed by atoms with E-state index in [1.807, 2.05) is 47.8 Å². The van der Waals surface area contributed by atoms with Crippen LogP contribution in [-0.2, 0) is 0 Å². The summed E-state index contributed by atoms with van der Waals surface area (Å²) in [4.78, 5) is 1.07. The van der Waals surface area contributed by atoms with Gasteiger partial charge in [0.2, 0.25) is 0 Å². The van der Waals surface area contributed by atoms with Crippen molar-refractivity contribution in [2.45, 2.75) is 12.5 Å². The molecular weight excluding hydrogens is 326 g/mol. The molecule has 4 rings (SSSR count). The van der Waals surface area contributed by atoms with Crippen LogP contribution in [0.5, 0.6) is 0 Å². The topological polar surface area (TPSA) is 15.6 Å². The molecule has 120 valence electrons. The number of nitrogens with zero attached hydrogens (tertiary/aromatic N) is 2. The molecule has 2 nitrogen and oxygen atoms in total. The highest BCUT2D eigenvalue weighted by atomic mass is 32.1. The standard InChI is InChI=1S/C19H14F2N2S/c20-14-8-9-17(15(21)11-14)23-18(13-5-2-1-3-6-13)12-16(22-23)19-7-4-10-24-19/h1-11,18H,12H2/t18-/m1/s1. The average Bonchev–Trinajstić information content (AvgIpc) is 3.25. The first-order valence-corrected chi connectivity index (χ1v) is 8.51. The van der Waals surface area contributed by atoms with Crippen LogP contribution >= 0.6 is 11.3 Å². The number of hydrogen-bond acceptors (Lipinski definition) is 3. The SMILES string of the molecule is Fc1ccc(N2N=C(c3cccs3)C[C@@H]2c2ccccc2)c(F)c1. The Morgan fingerprint density at radius 3 is 2.54 bits per heavy atom. The predicted octanol–water partition coefficient (Wildman–Crippen LogP) is 5.38. The monoisotopic (exact) mass is 340 g/mol. The predicted molar refractivity (Wildman–Crippen MR) is 93.5 cm³/mol. The van der Waals surface area contributed by atoms with Gasteiger partial charge >= 0.3 is 0 Å². The molecular formula is C19H14F2N2S. The molecule has 2 aromatic carbocycles. The Kier molecular flexibility index (Phi) is 3.86. The third-order valence-electron chi connectivity index (χ3n) is 4.06. The number of hydrogen-bond donors (Lipinski definition) is 0. The van der Waals surface area contributed by atoms with E-state index in [0.717, 1.165) is 22.2 Å². The molecule has 0 bridgehead atoms. The number of thiophene rings is 1. The lowest BCUT2D eigenvalue weighted by molar-refractivity contribution is 0.573. The van der Waals surface area contributed by atoms with Crippen LogP contribution in [0, 0.1) is 11.6 Å². The van der Waals surface area contributed by atoms with Crippen LogP contribution in [0.25, 0.3) is 0 Å². The van der Waals surface area contributed by atoms with Gasteiger partial charge in [-0.15, -0.1) is 11.3 Å². The van der Waals surface area contributed by atoms with E-state index in [0.29, 0.717) is 6.42 Å². The average molecular weight is 340 g/mol. The van der Waals surface area contributed by atoms with Crippen molar-refractivity contribution in [3.8, 4) is 0 Å². The highest BCUT2D eigenvalue weighted by Crippen LogP contribution is 2.38. The van der Waals surface area contributed by atoms with E-state index in [2.05, 4.69) is 5.10 Å². The molecule has 1 aromatic heterocycles. The van der Waals surface area contributed by atoms with Crippen LogP contribution in [0.2, 0.25) is 0 Å². The zero-order valence-corrected chi connectivity index (χ0v) is 13.5. The summed E-state index contributed by atoms with van der Waals surface area (Å²) in [5, 5.41) is 8.31. The van der Waals surface area contributed by atoms with Gasteiger partial charge in [0.1, 0.15) is 5.82 Å². The lowest BCUT2D eigenvalue weighted by Crippen LogP contribution is -2.19. The summed E-state index contributed by atoms with van der Waals surface area (Å²) < 4.78 is 27.6. The number of hydrazone groups is 1. The molecule has 0 saturated heterocycles. The van der Waals surface area contributed by atoms with Gasteiger partial charge in [0.15, 0.2) is 5.82 Å². The Bertz CT molecular complexity index is 876. The third-order valence-corrected chi connectivity index (χ3v) is 4.98. The van der Waals surface area contributed by atoms with E-state index in [1.165, 1.54) is 12.1 Å². The molecule has 5 heteroatoms. The number of rotatable bonds is 3. The number of anilines is 1. The van der Waals surface area contributed by atoms with E-state index >= 15 is 0 Å². The fourth-order valence-corrected chi connectivity index (χ4v) is 3.65. The van der Waals surface area contributed by atoms with Gasteiger partial charge in [-0.1, -0.05) is 36.4 Å². The van der Waals surface area contributed by atoms with E-state index in [-0.39, 0.29) is 11.7 Å². The van der Waals surface area contributed by atoms with Gasteiger partial charge in [0.05, 0.1) is 22.3 Å². The van der Waals surface area contributed by atoms with Crippen molar-refractivity contribution < 1.29 is 8.78 Å². The molecule has 0 radical (unpaired) electrons. The maximum Gasteiger partial charge on any atom is 0.151 e. The molecule has 0 unspecified atom stereocenters. The minimum absolute atomic E-state index is 0.108. The lowest BCUT2D eigenvalue weighted by atomic mass is 10.0. The van der Waals surface area contributed by atoms with Gasteiger partial charge in [0.25, 0.3) is 0 Å². The van der Waals surface area contributed by atoms with Gasteiger partial charge in [-0.3, -0.25) is 5.01 Å². The van der Waals surface area contributed by atoms with Gasteiger partial charge in [-0.2, -0.15) is 5.10 Å². The van der Waals surface area contributed by atoms with Crippen LogP contribution < -0.4 is 5.01 Å². The summed E-state index contributed by atoms with van der Waals surface area (Å²) in [6.45, 7) is 0. The van der Waals surface area contributed by atoms with E-state index in [9.17, 15) is 8.78 Å². The highest BCUT2D eigenvalue weighted by Gasteiger charge is 2.31. The van der Waals surface area contributed by atoms with Crippen LogP contribution in [0.4, 0.5) is 14.5 Å². The summed E-state index contributed by atoms with van der Waals surface area (Å²) >= 11 is 1.61. The van der Waals surface area contributed by atoms with Gasteiger partial charge in [-0.25, -0.2) is 8.78 Å². The van der Waals surface area contributed by atoms with Gasteiger partial charge in [0, 0.05) is 12.5 Å². The highest BCUT2D eigenvalue weighted by molar-refractivity contribution is 7.12. The van der Waals surface area contributed by atoms with Crippen LogP contribution in [0.15, 0.2) is 71.1 Å². The third kappa shape index (κ3) is 2.71. The first-order chi connectivity index (χ1) is 11.7. The molecule has 1 atom stereocenters. The Labute approximate surface area is 142 Å². The van der Waals surface area contributed by atoms with Crippen molar-refractivity contribution in [3.05, 3.63) is 88.1 Å². The summed E-state index contributed by atoms with van der Waals surface area (Å²) in [6, 6.07) is 17.4. The molecule has 0 aliphatic carbocycles. The summed E-state index contributed by atoms with van der Waals surface area (Å²) in [5.41, 5.74) is 2.26. The quantitative estimate of drug-likeness (QED) is 0.625. The Morgan fingerprint density at radius 2 is 1.83 bits per heavy atom. The van der Waals surface area contributed by atoms with Gasteiger partial charge in [-0.05, 0) is 29.1 Å². The molecule has 1 aliphatic rings. The van der Waals surface area contributed by atoms with Crippen molar-refractivity contribution in [2.75, 3.05) is 5.01 Å². The lowest BCUT2D eigenvalue weighted by Gasteiger charge is -2.24. The minimum Gasteiger partial charge on any atom is -0.254 e. The first-order valence-electron chi connectivity index (χ1n) is 7.63. The molecule has 1 aliphatic heterocycles. The van der Waals surface area contributed by atoms with Crippen molar-refractivity contribution in [1.82, 2.24) is 0 Å². The maximum absolute atomic E-state index is 14.3. The van der Waals surface area contributed by atoms with Crippen molar-refractivity contribution in [1.29, 1.82) is 0 Å². The molecule has 0 fully saturated rings. The fraction of sp³-hybridized carbons (Fsp3) is 0.105. The van der Waals surface area contributed by atoms with Crippen LogP contribution in [0.1, 0.15) is 22.9 Å². The molecule has 24 heavy (non-hydrogen) atoms. The second-order valence-corrected chi connectivity index (χ2v) is 6.54. The number of halogens is 2. The Balaban J connectivity index is 1.79. The molecule has 0 saturated carbocycles. The van der Waals surface area contributed by atoms with E-state index < -0.39 is 11.6 Å². The molecule has 3 aromatic rings. The zero-order chi connectivity index (χ0) is 16.5. The normalized spacial score (nSPS) is 17.2. The van der Waals surface area contributed by atoms with Crippen LogP contribution in [-0.4, -0.2) is 5.71 Å². The summed E-state index contributed by atoms with van der Waals surface area (Å²) in [7, 11) is 0. The summed E-state index contributed by atoms with van der Waals surface area (Å²) in [6.07, 6.45) is 0.682. The first kappa shape index (κ1) is 15.0. The molecule has 0 amide bonds. The van der Waals surface area contributed by atoms with Crippen molar-refractivity contribution in [2.24, 2.45) is 5.10 Å². The Hall–Kier alpha value is -2.53. The number of benzene rings is 2.